The molecule has 0 aliphatic rings. The molecule has 2 aromatic heterocycles. The third-order valence-electron chi connectivity index (χ3n) is 3.06. The molecule has 0 spiro atoms. The Labute approximate surface area is 101 Å². The quantitative estimate of drug-likeness (QED) is 0.646. The summed E-state index contributed by atoms with van der Waals surface area (Å²) in [6.45, 7) is 5.54. The van der Waals surface area contributed by atoms with Crippen molar-refractivity contribution in [1.29, 1.82) is 0 Å². The number of pyridine rings is 1. The Balaban J connectivity index is 2.34. The molecule has 2 nitrogen and oxygen atoms in total. The van der Waals surface area contributed by atoms with Crippen LogP contribution in [0, 0.1) is 5.92 Å². The van der Waals surface area contributed by atoms with Crippen LogP contribution in [0.4, 0.5) is 0 Å². The minimum Gasteiger partial charge on any atom is -0.347 e. The molecule has 0 fully saturated rings. The third-order valence-corrected chi connectivity index (χ3v) is 3.06. The number of hydrogen-bond donors (Lipinski definition) is 0. The van der Waals surface area contributed by atoms with Crippen LogP contribution in [0.1, 0.15) is 13.8 Å². The fourth-order valence-corrected chi connectivity index (χ4v) is 2.38. The average Bonchev–Trinajstić information content (AvgIpc) is 2.72. The zero-order chi connectivity index (χ0) is 11.8. The maximum absolute atomic E-state index is 4.49. The molecular formula is C15H16N2. The van der Waals surface area contributed by atoms with E-state index >= 15 is 0 Å². The summed E-state index contributed by atoms with van der Waals surface area (Å²) in [5.74, 6) is 0.650. The van der Waals surface area contributed by atoms with Gasteiger partial charge in [-0.3, -0.25) is 4.98 Å². The van der Waals surface area contributed by atoms with Crippen LogP contribution in [-0.4, -0.2) is 9.55 Å². The number of fused-ring (bicyclic) bond motifs is 3. The van der Waals surface area contributed by atoms with E-state index in [0.29, 0.717) is 5.92 Å². The lowest BCUT2D eigenvalue weighted by molar-refractivity contribution is 0.536. The van der Waals surface area contributed by atoms with E-state index in [0.717, 1.165) is 12.1 Å². The van der Waals surface area contributed by atoms with Crippen LogP contribution in [0.3, 0.4) is 0 Å². The Morgan fingerprint density at radius 1 is 1.18 bits per heavy atom. The van der Waals surface area contributed by atoms with Crippen molar-refractivity contribution < 1.29 is 0 Å². The molecule has 3 rings (SSSR count). The number of para-hydroxylation sites is 1. The van der Waals surface area contributed by atoms with Crippen LogP contribution < -0.4 is 0 Å². The summed E-state index contributed by atoms with van der Waals surface area (Å²) in [5.41, 5.74) is 2.38. The van der Waals surface area contributed by atoms with Crippen molar-refractivity contribution in [3.63, 3.8) is 0 Å². The molecule has 0 amide bonds. The summed E-state index contributed by atoms with van der Waals surface area (Å²) in [7, 11) is 0. The summed E-state index contributed by atoms with van der Waals surface area (Å²) >= 11 is 0. The fourth-order valence-electron chi connectivity index (χ4n) is 2.38. The molecule has 2 heterocycles. The van der Waals surface area contributed by atoms with Gasteiger partial charge in [0.1, 0.15) is 0 Å². The second-order valence-electron chi connectivity index (χ2n) is 4.94. The van der Waals surface area contributed by atoms with Crippen LogP contribution >= 0.6 is 0 Å². The minimum atomic E-state index is 0.650. The highest BCUT2D eigenvalue weighted by Crippen LogP contribution is 2.24. The smallest absolute Gasteiger partial charge is 0.0723 e. The Kier molecular flexibility index (Phi) is 2.36. The largest absolute Gasteiger partial charge is 0.347 e. The highest BCUT2D eigenvalue weighted by atomic mass is 15.0. The van der Waals surface area contributed by atoms with Crippen molar-refractivity contribution in [2.24, 2.45) is 5.92 Å². The molecule has 0 N–H and O–H groups in total. The molecule has 0 atom stereocenters. The molecule has 0 saturated heterocycles. The molecule has 1 aromatic carbocycles. The van der Waals surface area contributed by atoms with E-state index in [1.165, 1.54) is 16.3 Å². The van der Waals surface area contributed by atoms with Gasteiger partial charge in [-0.1, -0.05) is 32.0 Å². The van der Waals surface area contributed by atoms with Gasteiger partial charge in [-0.15, -0.1) is 0 Å². The maximum Gasteiger partial charge on any atom is 0.0723 e. The molecule has 3 aromatic rings. The van der Waals surface area contributed by atoms with Crippen LogP contribution in [0.5, 0.6) is 0 Å². The Morgan fingerprint density at radius 2 is 2.00 bits per heavy atom. The summed E-state index contributed by atoms with van der Waals surface area (Å²) in [6, 6.07) is 10.5. The normalized spacial score (nSPS) is 11.7. The van der Waals surface area contributed by atoms with Crippen LogP contribution in [0.2, 0.25) is 0 Å². The SMILES string of the molecule is CC(C)Cn1ccc2cnc3ccccc3c21. The predicted octanol–water partition coefficient (Wildman–Crippen LogP) is 3.85. The van der Waals surface area contributed by atoms with E-state index < -0.39 is 0 Å². The van der Waals surface area contributed by atoms with Gasteiger partial charge in [0.25, 0.3) is 0 Å². The third kappa shape index (κ3) is 1.70. The van der Waals surface area contributed by atoms with E-state index in [-0.39, 0.29) is 0 Å². The first-order valence-corrected chi connectivity index (χ1v) is 6.08. The van der Waals surface area contributed by atoms with Crippen molar-refractivity contribution in [2.75, 3.05) is 0 Å². The first-order chi connectivity index (χ1) is 8.25. The predicted molar refractivity (Wildman–Crippen MR) is 72.1 cm³/mol. The lowest BCUT2D eigenvalue weighted by Gasteiger charge is -2.09. The summed E-state index contributed by atoms with van der Waals surface area (Å²) in [5, 5.41) is 2.47. The van der Waals surface area contributed by atoms with Gasteiger partial charge >= 0.3 is 0 Å². The van der Waals surface area contributed by atoms with Gasteiger partial charge in [-0.05, 0) is 18.1 Å². The van der Waals surface area contributed by atoms with Gasteiger partial charge in [-0.2, -0.15) is 0 Å². The summed E-state index contributed by atoms with van der Waals surface area (Å²) in [6.07, 6.45) is 4.13. The number of nitrogens with zero attached hydrogens (tertiary/aromatic N) is 2. The van der Waals surface area contributed by atoms with E-state index in [2.05, 4.69) is 53.9 Å². The average molecular weight is 224 g/mol. The topological polar surface area (TPSA) is 17.8 Å². The van der Waals surface area contributed by atoms with E-state index in [1.54, 1.807) is 0 Å². The van der Waals surface area contributed by atoms with Gasteiger partial charge in [0.15, 0.2) is 0 Å². The van der Waals surface area contributed by atoms with Crippen molar-refractivity contribution in [1.82, 2.24) is 9.55 Å². The molecule has 17 heavy (non-hydrogen) atoms. The van der Waals surface area contributed by atoms with Crippen molar-refractivity contribution in [3.05, 3.63) is 42.7 Å². The lowest BCUT2D eigenvalue weighted by atomic mass is 10.1. The zero-order valence-electron chi connectivity index (χ0n) is 10.2. The molecule has 86 valence electrons. The van der Waals surface area contributed by atoms with Crippen LogP contribution in [0.25, 0.3) is 21.8 Å². The van der Waals surface area contributed by atoms with E-state index in [1.807, 2.05) is 12.3 Å². The van der Waals surface area contributed by atoms with Gasteiger partial charge in [-0.25, -0.2) is 0 Å². The van der Waals surface area contributed by atoms with Gasteiger partial charge in [0, 0.05) is 29.7 Å². The van der Waals surface area contributed by atoms with Gasteiger partial charge in [0.2, 0.25) is 0 Å². The first kappa shape index (κ1) is 10.3. The van der Waals surface area contributed by atoms with Gasteiger partial charge < -0.3 is 4.57 Å². The van der Waals surface area contributed by atoms with Crippen LogP contribution in [0.15, 0.2) is 42.7 Å². The van der Waals surface area contributed by atoms with Crippen LogP contribution in [-0.2, 0) is 6.54 Å². The lowest BCUT2D eigenvalue weighted by Crippen LogP contribution is -2.02. The Morgan fingerprint density at radius 3 is 2.82 bits per heavy atom. The second kappa shape index (κ2) is 3.88. The van der Waals surface area contributed by atoms with E-state index in [4.69, 9.17) is 0 Å². The fraction of sp³-hybridized carbons (Fsp3) is 0.267. The molecule has 0 bridgehead atoms. The Bertz CT molecular complexity index is 665. The summed E-state index contributed by atoms with van der Waals surface area (Å²) < 4.78 is 2.34. The Hall–Kier alpha value is -1.83. The van der Waals surface area contributed by atoms with Gasteiger partial charge in [0.05, 0.1) is 11.0 Å². The number of aromatic nitrogens is 2. The molecular weight excluding hydrogens is 208 g/mol. The highest BCUT2D eigenvalue weighted by Gasteiger charge is 2.07. The maximum atomic E-state index is 4.49. The number of rotatable bonds is 2. The number of benzene rings is 1. The molecule has 0 saturated carbocycles. The minimum absolute atomic E-state index is 0.650. The zero-order valence-corrected chi connectivity index (χ0v) is 10.2. The van der Waals surface area contributed by atoms with Crippen molar-refractivity contribution >= 4 is 21.8 Å². The molecule has 0 radical (unpaired) electrons. The van der Waals surface area contributed by atoms with Crippen molar-refractivity contribution in [2.45, 2.75) is 20.4 Å². The standard InChI is InChI=1S/C15H16N2/c1-11(2)10-17-8-7-12-9-16-14-6-4-3-5-13(14)15(12)17/h3-9,11H,10H2,1-2H3. The molecule has 0 unspecified atom stereocenters. The molecule has 0 aliphatic carbocycles. The molecule has 0 aliphatic heterocycles. The highest BCUT2D eigenvalue weighted by molar-refractivity contribution is 6.03. The number of hydrogen-bond acceptors (Lipinski definition) is 1. The van der Waals surface area contributed by atoms with Crippen molar-refractivity contribution in [3.8, 4) is 0 Å². The monoisotopic (exact) mass is 224 g/mol. The second-order valence-corrected chi connectivity index (χ2v) is 4.94. The summed E-state index contributed by atoms with van der Waals surface area (Å²) in [4.78, 5) is 4.49. The first-order valence-electron chi connectivity index (χ1n) is 6.08. The molecule has 2 heteroatoms. The van der Waals surface area contributed by atoms with E-state index in [9.17, 15) is 0 Å².